The Balaban J connectivity index is 2.32. The fourth-order valence-electron chi connectivity index (χ4n) is 2.57. The molecule has 0 atom stereocenters. The van der Waals surface area contributed by atoms with Gasteiger partial charge in [0.1, 0.15) is 0 Å². The van der Waals surface area contributed by atoms with E-state index in [1.807, 2.05) is 13.0 Å². The molecule has 3 aromatic rings. The Morgan fingerprint density at radius 1 is 1.12 bits per heavy atom. The van der Waals surface area contributed by atoms with Crippen molar-refractivity contribution in [1.29, 1.82) is 5.26 Å². The quantitative estimate of drug-likeness (QED) is 0.687. The molecule has 0 aliphatic heterocycles. The SMILES string of the molecule is CC(=O)c1cn(S(=O)(=O)c2ccc(C)cc2)c2ccc(C#N)cc12. The summed E-state index contributed by atoms with van der Waals surface area (Å²) in [6.45, 7) is 3.25. The molecule has 0 saturated heterocycles. The van der Waals surface area contributed by atoms with Gasteiger partial charge in [-0.3, -0.25) is 4.79 Å². The average molecular weight is 338 g/mol. The molecule has 120 valence electrons. The molecule has 0 amide bonds. The molecule has 2 aromatic carbocycles. The maximum Gasteiger partial charge on any atom is 0.268 e. The Hall–Kier alpha value is -2.91. The molecule has 0 bridgehead atoms. The topological polar surface area (TPSA) is 79.9 Å². The van der Waals surface area contributed by atoms with E-state index in [4.69, 9.17) is 5.26 Å². The zero-order valence-corrected chi connectivity index (χ0v) is 14.0. The number of ketones is 1. The Labute approximate surface area is 139 Å². The van der Waals surface area contributed by atoms with Gasteiger partial charge in [-0.25, -0.2) is 12.4 Å². The molecule has 0 fully saturated rings. The molecule has 0 N–H and O–H groups in total. The molecule has 0 aliphatic rings. The van der Waals surface area contributed by atoms with Crippen LogP contribution in [0.3, 0.4) is 0 Å². The predicted molar refractivity (Wildman–Crippen MR) is 90.4 cm³/mol. The number of aryl methyl sites for hydroxylation is 1. The van der Waals surface area contributed by atoms with Gasteiger partial charge < -0.3 is 0 Å². The fraction of sp³-hybridized carbons (Fsp3) is 0.111. The van der Waals surface area contributed by atoms with E-state index in [1.165, 1.54) is 37.4 Å². The highest BCUT2D eigenvalue weighted by Gasteiger charge is 2.22. The molecule has 5 nitrogen and oxygen atoms in total. The first-order valence-corrected chi connectivity index (χ1v) is 8.67. The first-order chi connectivity index (χ1) is 11.3. The summed E-state index contributed by atoms with van der Waals surface area (Å²) in [5, 5.41) is 9.49. The van der Waals surface area contributed by atoms with E-state index in [-0.39, 0.29) is 16.2 Å². The van der Waals surface area contributed by atoms with Gasteiger partial charge in [-0.15, -0.1) is 0 Å². The number of benzene rings is 2. The van der Waals surface area contributed by atoms with Crippen molar-refractivity contribution in [2.24, 2.45) is 0 Å². The second kappa shape index (κ2) is 5.62. The molecule has 0 saturated carbocycles. The van der Waals surface area contributed by atoms with Gasteiger partial charge in [0.25, 0.3) is 10.0 Å². The molecule has 1 heterocycles. The Kier molecular flexibility index (Phi) is 3.74. The lowest BCUT2D eigenvalue weighted by Gasteiger charge is -2.08. The zero-order valence-electron chi connectivity index (χ0n) is 13.1. The van der Waals surface area contributed by atoms with E-state index < -0.39 is 10.0 Å². The van der Waals surface area contributed by atoms with Crippen LogP contribution in [0.15, 0.2) is 53.6 Å². The lowest BCUT2D eigenvalue weighted by molar-refractivity contribution is 0.101. The van der Waals surface area contributed by atoms with E-state index >= 15 is 0 Å². The normalized spacial score (nSPS) is 11.4. The summed E-state index contributed by atoms with van der Waals surface area (Å²) in [5.74, 6) is -0.257. The molecule has 6 heteroatoms. The third-order valence-electron chi connectivity index (χ3n) is 3.86. The van der Waals surface area contributed by atoms with E-state index in [2.05, 4.69) is 0 Å². The Bertz CT molecular complexity index is 1100. The predicted octanol–water partition coefficient (Wildman–Crippen LogP) is 3.26. The number of hydrogen-bond acceptors (Lipinski definition) is 4. The molecular weight excluding hydrogens is 324 g/mol. The van der Waals surface area contributed by atoms with Crippen molar-refractivity contribution in [3.63, 3.8) is 0 Å². The molecule has 24 heavy (non-hydrogen) atoms. The highest BCUT2D eigenvalue weighted by molar-refractivity contribution is 7.90. The minimum atomic E-state index is -3.83. The van der Waals surface area contributed by atoms with Crippen LogP contribution in [0.25, 0.3) is 10.9 Å². The van der Waals surface area contributed by atoms with Crippen molar-refractivity contribution in [2.45, 2.75) is 18.7 Å². The highest BCUT2D eigenvalue weighted by atomic mass is 32.2. The van der Waals surface area contributed by atoms with Crippen LogP contribution >= 0.6 is 0 Å². The number of carbonyl (C=O) groups is 1. The molecule has 0 radical (unpaired) electrons. The van der Waals surface area contributed by atoms with Gasteiger partial charge in [0.2, 0.25) is 0 Å². The van der Waals surface area contributed by atoms with Gasteiger partial charge in [0.15, 0.2) is 5.78 Å². The summed E-state index contributed by atoms with van der Waals surface area (Å²) in [5.41, 5.74) is 1.97. The van der Waals surface area contributed by atoms with Crippen molar-refractivity contribution in [2.75, 3.05) is 0 Å². The van der Waals surface area contributed by atoms with Crippen molar-refractivity contribution in [3.05, 3.63) is 65.4 Å². The number of nitriles is 1. The molecule has 3 rings (SSSR count). The third kappa shape index (κ3) is 2.49. The van der Waals surface area contributed by atoms with Crippen LogP contribution in [0.4, 0.5) is 0 Å². The van der Waals surface area contributed by atoms with Crippen LogP contribution in [0, 0.1) is 18.3 Å². The van der Waals surface area contributed by atoms with Crippen molar-refractivity contribution >= 4 is 26.7 Å². The number of fused-ring (bicyclic) bond motifs is 1. The second-order valence-electron chi connectivity index (χ2n) is 5.56. The van der Waals surface area contributed by atoms with Gasteiger partial charge in [-0.05, 0) is 44.2 Å². The van der Waals surface area contributed by atoms with E-state index in [0.29, 0.717) is 16.5 Å². The van der Waals surface area contributed by atoms with E-state index in [9.17, 15) is 13.2 Å². The number of aromatic nitrogens is 1. The summed E-state index contributed by atoms with van der Waals surface area (Å²) in [7, 11) is -3.83. The molecular formula is C18H14N2O3S. The molecule has 0 aliphatic carbocycles. The van der Waals surface area contributed by atoms with E-state index in [1.54, 1.807) is 18.2 Å². The summed E-state index contributed by atoms with van der Waals surface area (Å²) in [4.78, 5) is 12.0. The first kappa shape index (κ1) is 16.0. The fourth-order valence-corrected chi connectivity index (χ4v) is 3.94. The highest BCUT2D eigenvalue weighted by Crippen LogP contribution is 2.27. The maximum atomic E-state index is 12.9. The van der Waals surface area contributed by atoms with Crippen LogP contribution in [0.2, 0.25) is 0 Å². The lowest BCUT2D eigenvalue weighted by atomic mass is 10.1. The smallest absolute Gasteiger partial charge is 0.268 e. The molecule has 1 aromatic heterocycles. The lowest BCUT2D eigenvalue weighted by Crippen LogP contribution is -2.12. The standard InChI is InChI=1S/C18H14N2O3S/c1-12-3-6-15(7-4-12)24(22,23)20-11-17(13(2)21)16-9-14(10-19)5-8-18(16)20/h3-9,11H,1-2H3. The number of Topliss-reactive ketones (excluding diaryl/α,β-unsaturated/α-hetero) is 1. The first-order valence-electron chi connectivity index (χ1n) is 7.23. The number of carbonyl (C=O) groups excluding carboxylic acids is 1. The van der Waals surface area contributed by atoms with Crippen LogP contribution < -0.4 is 0 Å². The monoisotopic (exact) mass is 338 g/mol. The zero-order chi connectivity index (χ0) is 17.5. The second-order valence-corrected chi connectivity index (χ2v) is 7.37. The maximum absolute atomic E-state index is 12.9. The van der Waals surface area contributed by atoms with Gasteiger partial charge in [0, 0.05) is 17.1 Å². The van der Waals surface area contributed by atoms with Crippen LogP contribution in [0.5, 0.6) is 0 Å². The van der Waals surface area contributed by atoms with Crippen molar-refractivity contribution in [3.8, 4) is 6.07 Å². The summed E-state index contributed by atoms with van der Waals surface area (Å²) in [6.07, 6.45) is 1.32. The molecule has 0 unspecified atom stereocenters. The Morgan fingerprint density at radius 3 is 2.38 bits per heavy atom. The molecule has 0 spiro atoms. The van der Waals surface area contributed by atoms with Crippen molar-refractivity contribution < 1.29 is 13.2 Å². The minimum absolute atomic E-state index is 0.143. The average Bonchev–Trinajstić information content (AvgIpc) is 2.94. The minimum Gasteiger partial charge on any atom is -0.294 e. The van der Waals surface area contributed by atoms with E-state index in [0.717, 1.165) is 9.54 Å². The van der Waals surface area contributed by atoms with Gasteiger partial charge in [0.05, 0.1) is 22.0 Å². The third-order valence-corrected chi connectivity index (χ3v) is 5.54. The number of nitrogens with zero attached hydrogens (tertiary/aromatic N) is 2. The van der Waals surface area contributed by atoms with Gasteiger partial charge in [-0.1, -0.05) is 17.7 Å². The summed E-state index contributed by atoms with van der Waals surface area (Å²) >= 11 is 0. The van der Waals surface area contributed by atoms with Gasteiger partial charge in [-0.2, -0.15) is 5.26 Å². The van der Waals surface area contributed by atoms with Crippen molar-refractivity contribution in [1.82, 2.24) is 3.97 Å². The summed E-state index contributed by atoms with van der Waals surface area (Å²) in [6, 6.07) is 13.1. The largest absolute Gasteiger partial charge is 0.294 e. The number of hydrogen-bond donors (Lipinski definition) is 0. The summed E-state index contributed by atoms with van der Waals surface area (Å²) < 4.78 is 27.0. The van der Waals surface area contributed by atoms with Crippen LogP contribution in [-0.2, 0) is 10.0 Å². The van der Waals surface area contributed by atoms with Crippen LogP contribution in [-0.4, -0.2) is 18.2 Å². The van der Waals surface area contributed by atoms with Crippen LogP contribution in [0.1, 0.15) is 28.4 Å². The number of rotatable bonds is 3. The Morgan fingerprint density at radius 2 is 1.79 bits per heavy atom. The van der Waals surface area contributed by atoms with Gasteiger partial charge >= 0.3 is 0 Å².